The van der Waals surface area contributed by atoms with Crippen molar-refractivity contribution in [1.82, 2.24) is 20.5 Å². The average molecular weight is 377 g/mol. The molecule has 0 saturated carbocycles. The van der Waals surface area contributed by atoms with Crippen molar-refractivity contribution < 1.29 is 4.79 Å². The highest BCUT2D eigenvalue weighted by molar-refractivity contribution is 7.98. The van der Waals surface area contributed by atoms with Gasteiger partial charge in [0.25, 0.3) is 5.91 Å². The third-order valence-electron chi connectivity index (χ3n) is 4.09. The molecular formula is C18H24N4OS2. The molecule has 0 radical (unpaired) electrons. The van der Waals surface area contributed by atoms with Crippen LogP contribution < -0.4 is 10.6 Å². The van der Waals surface area contributed by atoms with Crippen LogP contribution in [0.4, 0.5) is 0 Å². The Hall–Kier alpha value is -1.41. The van der Waals surface area contributed by atoms with E-state index in [0.29, 0.717) is 12.1 Å². The molecule has 1 amide bonds. The van der Waals surface area contributed by atoms with E-state index in [-0.39, 0.29) is 5.91 Å². The van der Waals surface area contributed by atoms with Gasteiger partial charge in [-0.15, -0.1) is 23.1 Å². The first-order valence-electron chi connectivity index (χ1n) is 8.56. The Morgan fingerprint density at radius 2 is 2.08 bits per heavy atom. The number of amides is 1. The molecule has 0 unspecified atom stereocenters. The highest BCUT2D eigenvalue weighted by Crippen LogP contribution is 2.23. The summed E-state index contributed by atoms with van der Waals surface area (Å²) in [5, 5.41) is 9.54. The maximum Gasteiger partial charge on any atom is 0.251 e. The zero-order valence-electron chi connectivity index (χ0n) is 14.5. The highest BCUT2D eigenvalue weighted by atomic mass is 32.2. The molecule has 2 aromatic rings. The molecular weight excluding hydrogens is 352 g/mol. The molecule has 5 nitrogen and oxygen atoms in total. The van der Waals surface area contributed by atoms with Gasteiger partial charge in [-0.2, -0.15) is 0 Å². The van der Waals surface area contributed by atoms with Crippen molar-refractivity contribution in [3.05, 3.63) is 45.9 Å². The zero-order valence-corrected chi connectivity index (χ0v) is 16.1. The van der Waals surface area contributed by atoms with E-state index in [4.69, 9.17) is 0 Å². The van der Waals surface area contributed by atoms with Crippen molar-refractivity contribution in [1.29, 1.82) is 0 Å². The number of hydrogen-bond donors (Lipinski definition) is 2. The standard InChI is InChI=1S/C18H24N4OS2/c1-14-21-16(12-24-14)13-25-17-4-2-15(3-5-17)18(23)20-8-11-22-9-6-19-7-10-22/h2-5,12,19H,6-11,13H2,1H3,(H,20,23). The Kier molecular flexibility index (Phi) is 6.86. The molecule has 25 heavy (non-hydrogen) atoms. The number of aryl methyl sites for hydroxylation is 1. The number of nitrogens with zero attached hydrogens (tertiary/aromatic N) is 2. The van der Waals surface area contributed by atoms with Gasteiger partial charge in [0, 0.05) is 60.9 Å². The molecule has 1 aliphatic rings. The molecule has 1 saturated heterocycles. The van der Waals surface area contributed by atoms with Crippen LogP contribution in [-0.2, 0) is 5.75 Å². The summed E-state index contributed by atoms with van der Waals surface area (Å²) in [5.74, 6) is 0.863. The second-order valence-corrected chi connectivity index (χ2v) is 8.13. The number of aromatic nitrogens is 1. The average Bonchev–Trinajstić information content (AvgIpc) is 3.06. The molecule has 0 aliphatic carbocycles. The predicted molar refractivity (Wildman–Crippen MR) is 104 cm³/mol. The van der Waals surface area contributed by atoms with Crippen molar-refractivity contribution in [2.75, 3.05) is 39.3 Å². The second-order valence-electron chi connectivity index (χ2n) is 6.02. The Labute approximate surface area is 157 Å². The van der Waals surface area contributed by atoms with Crippen LogP contribution in [0.1, 0.15) is 21.1 Å². The largest absolute Gasteiger partial charge is 0.351 e. The van der Waals surface area contributed by atoms with Crippen LogP contribution in [0.3, 0.4) is 0 Å². The van der Waals surface area contributed by atoms with Crippen LogP contribution in [0.2, 0.25) is 0 Å². The van der Waals surface area contributed by atoms with E-state index in [1.54, 1.807) is 23.1 Å². The fraction of sp³-hybridized carbons (Fsp3) is 0.444. The molecule has 1 aromatic heterocycles. The van der Waals surface area contributed by atoms with Crippen molar-refractivity contribution in [3.8, 4) is 0 Å². The number of piperazine rings is 1. The lowest BCUT2D eigenvalue weighted by molar-refractivity contribution is 0.0947. The van der Waals surface area contributed by atoms with Crippen LogP contribution in [0.15, 0.2) is 34.5 Å². The molecule has 0 atom stereocenters. The monoisotopic (exact) mass is 376 g/mol. The normalized spacial score (nSPS) is 15.2. The molecule has 3 rings (SSSR count). The summed E-state index contributed by atoms with van der Waals surface area (Å²) < 4.78 is 0. The molecule has 1 aliphatic heterocycles. The lowest BCUT2D eigenvalue weighted by Gasteiger charge is -2.27. The van der Waals surface area contributed by atoms with Crippen LogP contribution in [0.25, 0.3) is 0 Å². The van der Waals surface area contributed by atoms with Crippen LogP contribution in [-0.4, -0.2) is 55.1 Å². The molecule has 0 bridgehead atoms. The Morgan fingerprint density at radius 3 is 2.76 bits per heavy atom. The van der Waals surface area contributed by atoms with E-state index in [0.717, 1.165) is 54.1 Å². The van der Waals surface area contributed by atoms with E-state index >= 15 is 0 Å². The Morgan fingerprint density at radius 1 is 1.32 bits per heavy atom. The maximum absolute atomic E-state index is 12.2. The fourth-order valence-corrected chi connectivity index (χ4v) is 4.21. The number of carbonyl (C=O) groups is 1. The fourth-order valence-electron chi connectivity index (χ4n) is 2.70. The zero-order chi connectivity index (χ0) is 17.5. The Bertz CT molecular complexity index is 681. The quantitative estimate of drug-likeness (QED) is 0.727. The number of thiazole rings is 1. The topological polar surface area (TPSA) is 57.3 Å². The molecule has 1 fully saturated rings. The summed E-state index contributed by atoms with van der Waals surface area (Å²) in [6.07, 6.45) is 0. The van der Waals surface area contributed by atoms with Crippen molar-refractivity contribution in [3.63, 3.8) is 0 Å². The maximum atomic E-state index is 12.2. The first-order chi connectivity index (χ1) is 12.2. The van der Waals surface area contributed by atoms with Gasteiger partial charge < -0.3 is 10.6 Å². The van der Waals surface area contributed by atoms with Crippen molar-refractivity contribution >= 4 is 29.0 Å². The lowest BCUT2D eigenvalue weighted by atomic mass is 10.2. The third kappa shape index (κ3) is 5.81. The summed E-state index contributed by atoms with van der Waals surface area (Å²) in [5.41, 5.74) is 1.83. The molecule has 0 spiro atoms. The highest BCUT2D eigenvalue weighted by Gasteiger charge is 2.10. The second kappa shape index (κ2) is 9.33. The minimum absolute atomic E-state index is 0.00168. The van der Waals surface area contributed by atoms with Gasteiger partial charge in [-0.1, -0.05) is 0 Å². The van der Waals surface area contributed by atoms with Crippen LogP contribution in [0.5, 0.6) is 0 Å². The van der Waals surface area contributed by atoms with Gasteiger partial charge in [0.1, 0.15) is 0 Å². The molecule has 134 valence electrons. The first kappa shape index (κ1) is 18.4. The smallest absolute Gasteiger partial charge is 0.251 e. The summed E-state index contributed by atoms with van der Waals surface area (Å²) in [7, 11) is 0. The third-order valence-corrected chi connectivity index (χ3v) is 5.96. The van der Waals surface area contributed by atoms with Gasteiger partial charge in [-0.05, 0) is 31.2 Å². The van der Waals surface area contributed by atoms with E-state index in [2.05, 4.69) is 25.9 Å². The first-order valence-corrected chi connectivity index (χ1v) is 10.4. The van der Waals surface area contributed by atoms with Crippen molar-refractivity contribution in [2.24, 2.45) is 0 Å². The molecule has 1 aromatic carbocycles. The number of thioether (sulfide) groups is 1. The number of rotatable bonds is 7. The van der Waals surface area contributed by atoms with E-state index in [1.807, 2.05) is 31.2 Å². The van der Waals surface area contributed by atoms with Crippen molar-refractivity contribution in [2.45, 2.75) is 17.6 Å². The number of nitrogens with one attached hydrogen (secondary N) is 2. The van der Waals surface area contributed by atoms with Gasteiger partial charge in [0.05, 0.1) is 10.7 Å². The molecule has 7 heteroatoms. The molecule has 2 N–H and O–H groups in total. The lowest BCUT2D eigenvalue weighted by Crippen LogP contribution is -2.46. The van der Waals surface area contributed by atoms with Gasteiger partial charge in [0.2, 0.25) is 0 Å². The predicted octanol–water partition coefficient (Wildman–Crippen LogP) is 2.38. The Balaban J connectivity index is 1.42. The summed E-state index contributed by atoms with van der Waals surface area (Å²) in [6.45, 7) is 7.81. The van der Waals surface area contributed by atoms with E-state index < -0.39 is 0 Å². The number of benzene rings is 1. The van der Waals surface area contributed by atoms with Crippen LogP contribution in [0, 0.1) is 6.92 Å². The summed E-state index contributed by atoms with van der Waals surface area (Å²) in [4.78, 5) is 20.2. The van der Waals surface area contributed by atoms with Gasteiger partial charge in [-0.3, -0.25) is 9.69 Å². The summed E-state index contributed by atoms with van der Waals surface area (Å²) in [6, 6.07) is 7.81. The summed E-state index contributed by atoms with van der Waals surface area (Å²) >= 11 is 3.42. The van der Waals surface area contributed by atoms with Gasteiger partial charge in [0.15, 0.2) is 0 Å². The van der Waals surface area contributed by atoms with Gasteiger partial charge in [-0.25, -0.2) is 4.98 Å². The molecule has 2 heterocycles. The minimum Gasteiger partial charge on any atom is -0.351 e. The van der Waals surface area contributed by atoms with E-state index in [9.17, 15) is 4.79 Å². The number of carbonyl (C=O) groups excluding carboxylic acids is 1. The van der Waals surface area contributed by atoms with Gasteiger partial charge >= 0.3 is 0 Å². The van der Waals surface area contributed by atoms with E-state index in [1.165, 1.54) is 0 Å². The van der Waals surface area contributed by atoms with Crippen LogP contribution >= 0.6 is 23.1 Å². The minimum atomic E-state index is 0.00168. The number of hydrogen-bond acceptors (Lipinski definition) is 6. The SMILES string of the molecule is Cc1nc(CSc2ccc(C(=O)NCCN3CCNCC3)cc2)cs1.